The molecular formula is C19H21ClFN3O4. The molecule has 0 aliphatic carbocycles. The Morgan fingerprint density at radius 2 is 1.96 bits per heavy atom. The number of rotatable bonds is 9. The van der Waals surface area contributed by atoms with Crippen LogP contribution in [0.5, 0.6) is 11.5 Å². The van der Waals surface area contributed by atoms with Gasteiger partial charge in [-0.1, -0.05) is 24.6 Å². The Morgan fingerprint density at radius 3 is 2.50 bits per heavy atom. The number of nitro benzene ring substituents is 1. The highest BCUT2D eigenvalue weighted by Gasteiger charge is 2.22. The fraction of sp³-hybridized carbons (Fsp3) is 0.316. The second kappa shape index (κ2) is 9.48. The Balaban J connectivity index is 2.28. The summed E-state index contributed by atoms with van der Waals surface area (Å²) in [4.78, 5) is 21.3. The minimum Gasteiger partial charge on any atom is -0.453 e. The number of primary amides is 1. The van der Waals surface area contributed by atoms with E-state index < -0.39 is 16.6 Å². The van der Waals surface area contributed by atoms with E-state index in [0.717, 1.165) is 0 Å². The van der Waals surface area contributed by atoms with Crippen LogP contribution in [0.15, 0.2) is 36.4 Å². The lowest BCUT2D eigenvalue weighted by Gasteiger charge is -2.23. The number of nitrogens with two attached hydrogens (primary N) is 1. The summed E-state index contributed by atoms with van der Waals surface area (Å²) in [5, 5.41) is 14.0. The molecule has 28 heavy (non-hydrogen) atoms. The average Bonchev–Trinajstić information content (AvgIpc) is 2.63. The zero-order chi connectivity index (χ0) is 20.8. The van der Waals surface area contributed by atoms with E-state index in [1.165, 1.54) is 30.3 Å². The fourth-order valence-corrected chi connectivity index (χ4v) is 2.98. The zero-order valence-corrected chi connectivity index (χ0v) is 16.2. The third kappa shape index (κ3) is 5.40. The standard InChI is InChI=1S/C19H21ClFN3O4/c1-3-16(23-11(2)10-17(22)25)14-8-9-15(20)19(18(14)21)28-13-6-4-12(5-7-13)24(26)27/h4-9,11,16,23H,3,10H2,1-2H3,(H2,22,25)/t11-,16+/m0/s1. The van der Waals surface area contributed by atoms with Crippen molar-refractivity contribution >= 4 is 23.2 Å². The van der Waals surface area contributed by atoms with E-state index in [1.54, 1.807) is 13.0 Å². The molecule has 2 aromatic carbocycles. The number of hydrogen-bond acceptors (Lipinski definition) is 5. The van der Waals surface area contributed by atoms with Crippen LogP contribution in [0.1, 0.15) is 38.3 Å². The van der Waals surface area contributed by atoms with Crippen LogP contribution in [0, 0.1) is 15.9 Å². The number of nitrogens with one attached hydrogen (secondary N) is 1. The monoisotopic (exact) mass is 409 g/mol. The number of halogens is 2. The lowest BCUT2D eigenvalue weighted by Crippen LogP contribution is -2.34. The van der Waals surface area contributed by atoms with Crippen LogP contribution in [0.4, 0.5) is 10.1 Å². The van der Waals surface area contributed by atoms with E-state index in [2.05, 4.69) is 5.32 Å². The smallest absolute Gasteiger partial charge is 0.269 e. The predicted molar refractivity (Wildman–Crippen MR) is 104 cm³/mol. The van der Waals surface area contributed by atoms with Crippen molar-refractivity contribution in [3.05, 3.63) is 62.9 Å². The molecule has 0 radical (unpaired) electrons. The van der Waals surface area contributed by atoms with E-state index in [4.69, 9.17) is 22.1 Å². The van der Waals surface area contributed by atoms with Crippen molar-refractivity contribution in [1.82, 2.24) is 5.32 Å². The van der Waals surface area contributed by atoms with Crippen LogP contribution in [-0.2, 0) is 4.79 Å². The molecule has 0 aliphatic rings. The van der Waals surface area contributed by atoms with Gasteiger partial charge in [0.05, 0.1) is 9.95 Å². The molecule has 1 amide bonds. The maximum Gasteiger partial charge on any atom is 0.269 e. The Hall–Kier alpha value is -2.71. The molecule has 0 saturated heterocycles. The summed E-state index contributed by atoms with van der Waals surface area (Å²) in [5.74, 6) is -1.05. The highest BCUT2D eigenvalue weighted by atomic mass is 35.5. The predicted octanol–water partition coefficient (Wildman–Crippen LogP) is 4.48. The number of non-ortho nitro benzene ring substituents is 1. The number of ether oxygens (including phenoxy) is 1. The first-order valence-corrected chi connectivity index (χ1v) is 9.05. The summed E-state index contributed by atoms with van der Waals surface area (Å²) in [6, 6.07) is 7.69. The molecule has 2 atom stereocenters. The lowest BCUT2D eigenvalue weighted by atomic mass is 10.0. The maximum atomic E-state index is 15.1. The van der Waals surface area contributed by atoms with Crippen LogP contribution in [0.25, 0.3) is 0 Å². The number of hydrogen-bond donors (Lipinski definition) is 2. The molecule has 0 spiro atoms. The lowest BCUT2D eigenvalue weighted by molar-refractivity contribution is -0.384. The largest absolute Gasteiger partial charge is 0.453 e. The molecule has 2 rings (SSSR count). The summed E-state index contributed by atoms with van der Waals surface area (Å²) in [7, 11) is 0. The van der Waals surface area contributed by atoms with Gasteiger partial charge >= 0.3 is 0 Å². The van der Waals surface area contributed by atoms with Crippen molar-refractivity contribution in [3.8, 4) is 11.5 Å². The van der Waals surface area contributed by atoms with Crippen LogP contribution >= 0.6 is 11.6 Å². The summed E-state index contributed by atoms with van der Waals surface area (Å²) in [6.07, 6.45) is 0.677. The molecule has 150 valence electrons. The number of benzene rings is 2. The van der Waals surface area contributed by atoms with Crippen LogP contribution < -0.4 is 15.8 Å². The maximum absolute atomic E-state index is 15.1. The van der Waals surface area contributed by atoms with Gasteiger partial charge in [0.2, 0.25) is 5.91 Å². The van der Waals surface area contributed by atoms with E-state index in [9.17, 15) is 14.9 Å². The van der Waals surface area contributed by atoms with Gasteiger partial charge < -0.3 is 15.8 Å². The van der Waals surface area contributed by atoms with Crippen LogP contribution in [-0.4, -0.2) is 16.9 Å². The van der Waals surface area contributed by atoms with E-state index >= 15 is 4.39 Å². The van der Waals surface area contributed by atoms with Gasteiger partial charge in [0, 0.05) is 36.2 Å². The van der Waals surface area contributed by atoms with E-state index in [0.29, 0.717) is 12.0 Å². The minimum atomic E-state index is -0.642. The highest BCUT2D eigenvalue weighted by molar-refractivity contribution is 6.32. The molecule has 0 saturated carbocycles. The Morgan fingerprint density at radius 1 is 1.32 bits per heavy atom. The minimum absolute atomic E-state index is 0.0691. The molecule has 0 aromatic heterocycles. The van der Waals surface area contributed by atoms with Crippen molar-refractivity contribution < 1.29 is 18.8 Å². The van der Waals surface area contributed by atoms with Gasteiger partial charge in [0.25, 0.3) is 5.69 Å². The van der Waals surface area contributed by atoms with Crippen molar-refractivity contribution in [2.75, 3.05) is 0 Å². The van der Waals surface area contributed by atoms with E-state index in [1.807, 2.05) is 6.92 Å². The summed E-state index contributed by atoms with van der Waals surface area (Å²) in [5.41, 5.74) is 5.43. The SMILES string of the molecule is CC[C@@H](N[C@@H](C)CC(N)=O)c1ccc(Cl)c(Oc2ccc([N+](=O)[O-])cc2)c1F. The van der Waals surface area contributed by atoms with Crippen molar-refractivity contribution in [2.24, 2.45) is 5.73 Å². The molecule has 0 aliphatic heterocycles. The third-order valence-electron chi connectivity index (χ3n) is 4.12. The van der Waals surface area contributed by atoms with Gasteiger partial charge in [0.1, 0.15) is 5.75 Å². The normalized spacial score (nSPS) is 13.0. The van der Waals surface area contributed by atoms with Gasteiger partial charge in [0.15, 0.2) is 11.6 Å². The summed E-state index contributed by atoms with van der Waals surface area (Å²) >= 11 is 6.10. The summed E-state index contributed by atoms with van der Waals surface area (Å²) in [6.45, 7) is 3.66. The molecular weight excluding hydrogens is 389 g/mol. The second-order valence-corrected chi connectivity index (χ2v) is 6.74. The zero-order valence-electron chi connectivity index (χ0n) is 15.4. The third-order valence-corrected chi connectivity index (χ3v) is 4.42. The topological polar surface area (TPSA) is 107 Å². The Bertz CT molecular complexity index is 861. The highest BCUT2D eigenvalue weighted by Crippen LogP contribution is 2.37. The first-order chi connectivity index (χ1) is 13.2. The van der Waals surface area contributed by atoms with E-state index in [-0.39, 0.29) is 40.7 Å². The van der Waals surface area contributed by atoms with Crippen molar-refractivity contribution in [1.29, 1.82) is 0 Å². The molecule has 7 nitrogen and oxygen atoms in total. The molecule has 0 fully saturated rings. The number of carbonyl (C=O) groups is 1. The number of carbonyl (C=O) groups excluding carboxylic acids is 1. The molecule has 2 aromatic rings. The molecule has 0 bridgehead atoms. The number of nitrogens with zero attached hydrogens (tertiary/aromatic N) is 1. The quantitative estimate of drug-likeness (QED) is 0.468. The Labute approximate surface area is 166 Å². The van der Waals surface area contributed by atoms with Gasteiger partial charge in [-0.05, 0) is 31.5 Å². The van der Waals surface area contributed by atoms with Gasteiger partial charge in [-0.25, -0.2) is 4.39 Å². The second-order valence-electron chi connectivity index (χ2n) is 6.33. The average molecular weight is 410 g/mol. The van der Waals surface area contributed by atoms with Gasteiger partial charge in [-0.3, -0.25) is 14.9 Å². The summed E-state index contributed by atoms with van der Waals surface area (Å²) < 4.78 is 20.7. The first kappa shape index (κ1) is 21.6. The molecule has 3 N–H and O–H groups in total. The first-order valence-electron chi connectivity index (χ1n) is 8.67. The molecule has 0 unspecified atom stereocenters. The van der Waals surface area contributed by atoms with Crippen LogP contribution in [0.3, 0.4) is 0 Å². The number of nitro groups is 1. The van der Waals surface area contributed by atoms with Gasteiger partial charge in [-0.2, -0.15) is 0 Å². The van der Waals surface area contributed by atoms with Gasteiger partial charge in [-0.15, -0.1) is 0 Å². The van der Waals surface area contributed by atoms with Crippen LogP contribution in [0.2, 0.25) is 5.02 Å². The van der Waals surface area contributed by atoms with Crippen molar-refractivity contribution in [3.63, 3.8) is 0 Å². The number of amides is 1. The Kier molecular flexibility index (Phi) is 7.31. The molecule has 9 heteroatoms. The van der Waals surface area contributed by atoms with Crippen molar-refractivity contribution in [2.45, 2.75) is 38.8 Å². The fourth-order valence-electron chi connectivity index (χ4n) is 2.80. The molecule has 0 heterocycles.